The minimum Gasteiger partial charge on any atom is -0.340 e. The molecule has 3 aromatic heterocycles. The summed E-state index contributed by atoms with van der Waals surface area (Å²) in [4.78, 5) is 15.6. The first-order chi connectivity index (χ1) is 9.31. The molecule has 0 saturated carbocycles. The maximum atomic E-state index is 4.41. The smallest absolute Gasteiger partial charge is 0.182 e. The van der Waals surface area contributed by atoms with Crippen LogP contribution in [0.3, 0.4) is 0 Å². The number of aromatic amines is 1. The van der Waals surface area contributed by atoms with Gasteiger partial charge in [-0.15, -0.1) is 0 Å². The average molecular weight is 257 g/mol. The van der Waals surface area contributed by atoms with Crippen molar-refractivity contribution in [2.45, 2.75) is 20.4 Å². The van der Waals surface area contributed by atoms with Crippen LogP contribution in [-0.2, 0) is 6.54 Å². The van der Waals surface area contributed by atoms with Gasteiger partial charge in [0.05, 0.1) is 12.5 Å². The monoisotopic (exact) mass is 257 g/mol. The lowest BCUT2D eigenvalue weighted by Crippen LogP contribution is -2.12. The van der Waals surface area contributed by atoms with Crippen LogP contribution >= 0.6 is 0 Å². The molecule has 7 heteroatoms. The standard InChI is InChI=1S/C12H15N7/c1-3-13-4-9-5-18-19(8(9)2)12-10-11(15-6-14-10)16-7-17-12/h5-7,13H,3-4H2,1-2H3,(H,14,15,16,17). The summed E-state index contributed by atoms with van der Waals surface area (Å²) in [5.41, 5.74) is 3.67. The van der Waals surface area contributed by atoms with Crippen molar-refractivity contribution in [3.8, 4) is 5.82 Å². The van der Waals surface area contributed by atoms with Gasteiger partial charge in [0.15, 0.2) is 11.5 Å². The summed E-state index contributed by atoms with van der Waals surface area (Å²) in [6, 6.07) is 0. The number of nitrogens with zero attached hydrogens (tertiary/aromatic N) is 5. The fourth-order valence-corrected chi connectivity index (χ4v) is 2.00. The van der Waals surface area contributed by atoms with Crippen molar-refractivity contribution in [2.24, 2.45) is 0 Å². The van der Waals surface area contributed by atoms with Gasteiger partial charge in [0, 0.05) is 17.8 Å². The molecular weight excluding hydrogens is 242 g/mol. The molecule has 0 radical (unpaired) electrons. The van der Waals surface area contributed by atoms with Gasteiger partial charge >= 0.3 is 0 Å². The topological polar surface area (TPSA) is 84.3 Å². The number of aromatic nitrogens is 6. The van der Waals surface area contributed by atoms with E-state index in [1.54, 1.807) is 6.33 Å². The molecule has 3 heterocycles. The molecular formula is C12H15N7. The molecule has 3 rings (SSSR count). The quantitative estimate of drug-likeness (QED) is 0.727. The number of nitrogens with one attached hydrogen (secondary N) is 2. The summed E-state index contributed by atoms with van der Waals surface area (Å²) in [5.74, 6) is 0.725. The molecule has 0 aliphatic carbocycles. The molecule has 19 heavy (non-hydrogen) atoms. The molecule has 7 nitrogen and oxygen atoms in total. The fourth-order valence-electron chi connectivity index (χ4n) is 2.00. The highest BCUT2D eigenvalue weighted by Gasteiger charge is 2.13. The normalized spacial score (nSPS) is 11.3. The Morgan fingerprint density at radius 3 is 3.05 bits per heavy atom. The van der Waals surface area contributed by atoms with Crippen LogP contribution in [0, 0.1) is 6.92 Å². The third-order valence-electron chi connectivity index (χ3n) is 3.08. The van der Waals surface area contributed by atoms with Gasteiger partial charge in [0.2, 0.25) is 0 Å². The molecule has 0 bridgehead atoms. The average Bonchev–Trinajstić information content (AvgIpc) is 3.03. The van der Waals surface area contributed by atoms with Crippen LogP contribution in [-0.4, -0.2) is 36.3 Å². The first kappa shape index (κ1) is 11.8. The van der Waals surface area contributed by atoms with E-state index in [1.165, 1.54) is 6.33 Å². The van der Waals surface area contributed by atoms with Gasteiger partial charge in [0.25, 0.3) is 0 Å². The molecule has 98 valence electrons. The lowest BCUT2D eigenvalue weighted by molar-refractivity contribution is 0.721. The van der Waals surface area contributed by atoms with Crippen LogP contribution in [0.2, 0.25) is 0 Å². The maximum Gasteiger partial charge on any atom is 0.182 e. The molecule has 0 aliphatic heterocycles. The Labute approximate surface area is 110 Å². The zero-order chi connectivity index (χ0) is 13.2. The SMILES string of the molecule is CCNCc1cnn(-c2ncnc3nc[nH]c23)c1C. The minimum absolute atomic E-state index is 0.646. The first-order valence-electron chi connectivity index (χ1n) is 6.20. The zero-order valence-corrected chi connectivity index (χ0v) is 10.9. The number of imidazole rings is 1. The summed E-state index contributed by atoms with van der Waals surface area (Å²) in [6.45, 7) is 5.85. The number of rotatable bonds is 4. The predicted octanol–water partition coefficient (Wildman–Crippen LogP) is 0.957. The zero-order valence-electron chi connectivity index (χ0n) is 10.9. The first-order valence-corrected chi connectivity index (χ1v) is 6.20. The summed E-state index contributed by atoms with van der Waals surface area (Å²) in [7, 11) is 0. The summed E-state index contributed by atoms with van der Waals surface area (Å²) < 4.78 is 1.81. The number of hydrogen-bond acceptors (Lipinski definition) is 5. The van der Waals surface area contributed by atoms with E-state index in [0.717, 1.165) is 35.7 Å². The molecule has 0 amide bonds. The summed E-state index contributed by atoms with van der Waals surface area (Å²) in [5, 5.41) is 7.70. The molecule has 0 aromatic carbocycles. The van der Waals surface area contributed by atoms with Crippen LogP contribution in [0.15, 0.2) is 18.9 Å². The van der Waals surface area contributed by atoms with Gasteiger partial charge in [-0.3, -0.25) is 0 Å². The van der Waals surface area contributed by atoms with Crippen LogP contribution < -0.4 is 5.32 Å². The van der Waals surface area contributed by atoms with E-state index in [4.69, 9.17) is 0 Å². The van der Waals surface area contributed by atoms with E-state index in [-0.39, 0.29) is 0 Å². The van der Waals surface area contributed by atoms with Crippen LogP contribution in [0.5, 0.6) is 0 Å². The number of H-pyrrole nitrogens is 1. The van der Waals surface area contributed by atoms with Crippen molar-refractivity contribution in [1.29, 1.82) is 0 Å². The summed E-state index contributed by atoms with van der Waals surface area (Å²) in [6.07, 6.45) is 4.98. The highest BCUT2D eigenvalue weighted by atomic mass is 15.3. The van der Waals surface area contributed by atoms with Gasteiger partial charge in [0.1, 0.15) is 11.8 Å². The van der Waals surface area contributed by atoms with Crippen LogP contribution in [0.4, 0.5) is 0 Å². The maximum absolute atomic E-state index is 4.41. The van der Waals surface area contributed by atoms with Gasteiger partial charge in [-0.05, 0) is 13.5 Å². The third kappa shape index (κ3) is 1.97. The molecule has 2 N–H and O–H groups in total. The molecule has 0 aliphatic rings. The molecule has 3 aromatic rings. The lowest BCUT2D eigenvalue weighted by atomic mass is 10.2. The Bertz CT molecular complexity index is 697. The van der Waals surface area contributed by atoms with E-state index < -0.39 is 0 Å². The lowest BCUT2D eigenvalue weighted by Gasteiger charge is -2.05. The highest BCUT2D eigenvalue weighted by molar-refractivity contribution is 5.77. The van der Waals surface area contributed by atoms with E-state index in [1.807, 2.05) is 17.8 Å². The Kier molecular flexibility index (Phi) is 2.96. The van der Waals surface area contributed by atoms with Crippen molar-refractivity contribution in [3.05, 3.63) is 30.1 Å². The minimum atomic E-state index is 0.646. The Morgan fingerprint density at radius 1 is 1.32 bits per heavy atom. The molecule has 0 atom stereocenters. The van der Waals surface area contributed by atoms with E-state index in [2.05, 4.69) is 37.3 Å². The second kappa shape index (κ2) is 4.77. The molecule has 0 spiro atoms. The van der Waals surface area contributed by atoms with Crippen molar-refractivity contribution >= 4 is 11.2 Å². The summed E-state index contributed by atoms with van der Waals surface area (Å²) >= 11 is 0. The Balaban J connectivity index is 2.07. The predicted molar refractivity (Wildman–Crippen MR) is 70.9 cm³/mol. The highest BCUT2D eigenvalue weighted by Crippen LogP contribution is 2.17. The third-order valence-corrected chi connectivity index (χ3v) is 3.08. The van der Waals surface area contributed by atoms with Gasteiger partial charge in [-0.2, -0.15) is 5.10 Å². The van der Waals surface area contributed by atoms with Gasteiger partial charge in [-0.25, -0.2) is 19.6 Å². The van der Waals surface area contributed by atoms with E-state index >= 15 is 0 Å². The largest absolute Gasteiger partial charge is 0.340 e. The second-order valence-electron chi connectivity index (χ2n) is 4.25. The molecule has 0 fully saturated rings. The van der Waals surface area contributed by atoms with Crippen LogP contribution in [0.25, 0.3) is 17.0 Å². The Morgan fingerprint density at radius 2 is 2.21 bits per heavy atom. The number of fused-ring (bicyclic) bond motifs is 1. The second-order valence-corrected chi connectivity index (χ2v) is 4.25. The van der Waals surface area contributed by atoms with Crippen molar-refractivity contribution in [2.75, 3.05) is 6.54 Å². The van der Waals surface area contributed by atoms with E-state index in [9.17, 15) is 0 Å². The fraction of sp³-hybridized carbons (Fsp3) is 0.333. The van der Waals surface area contributed by atoms with Gasteiger partial charge < -0.3 is 10.3 Å². The van der Waals surface area contributed by atoms with Crippen molar-refractivity contribution < 1.29 is 0 Å². The number of hydrogen-bond donors (Lipinski definition) is 2. The molecule has 0 unspecified atom stereocenters. The van der Waals surface area contributed by atoms with Crippen molar-refractivity contribution in [1.82, 2.24) is 35.0 Å². The van der Waals surface area contributed by atoms with E-state index in [0.29, 0.717) is 5.65 Å². The van der Waals surface area contributed by atoms with Gasteiger partial charge in [-0.1, -0.05) is 6.92 Å². The Hall–Kier alpha value is -2.28. The molecule has 0 saturated heterocycles. The van der Waals surface area contributed by atoms with Crippen molar-refractivity contribution in [3.63, 3.8) is 0 Å². The van der Waals surface area contributed by atoms with Crippen LogP contribution in [0.1, 0.15) is 18.2 Å².